The van der Waals surface area contributed by atoms with E-state index in [0.29, 0.717) is 17.6 Å². The molecule has 8 atom stereocenters. The SMILES string of the molecule is NC(N)=NCCCC(=O)NC[C@H]1O[C@@H](n2c(C#CCOC[C@H]3O[C@@H](n4cnc5c(N)ncnc54)[C@H](O)[C@@H]3O)nc3c(N)ncnc32)[C@H](O)[C@@H]1O. The molecule has 0 aromatic carbocycles. The van der Waals surface area contributed by atoms with Crippen molar-refractivity contribution in [3.05, 3.63) is 24.8 Å². The molecule has 1 amide bonds. The van der Waals surface area contributed by atoms with Gasteiger partial charge < -0.3 is 62.9 Å². The number of nitrogen functional groups attached to an aromatic ring is 2. The summed E-state index contributed by atoms with van der Waals surface area (Å²) in [5.74, 6) is 5.52. The van der Waals surface area contributed by atoms with Crippen molar-refractivity contribution in [2.75, 3.05) is 37.8 Å². The summed E-state index contributed by atoms with van der Waals surface area (Å²) < 4.78 is 20.3. The summed E-state index contributed by atoms with van der Waals surface area (Å²) in [5, 5.41) is 45.8. The van der Waals surface area contributed by atoms with Crippen LogP contribution in [0.4, 0.5) is 11.6 Å². The highest BCUT2D eigenvalue weighted by molar-refractivity contribution is 5.83. The van der Waals surface area contributed by atoms with E-state index in [9.17, 15) is 25.2 Å². The molecule has 6 rings (SSSR count). The zero-order valence-electron chi connectivity index (χ0n) is 26.3. The number of carbonyl (C=O) groups is 1. The van der Waals surface area contributed by atoms with Crippen molar-refractivity contribution in [3.63, 3.8) is 0 Å². The van der Waals surface area contributed by atoms with Crippen LogP contribution in [0.5, 0.6) is 0 Å². The van der Waals surface area contributed by atoms with E-state index in [0.717, 1.165) is 0 Å². The number of nitrogens with two attached hydrogens (primary N) is 4. The number of aliphatic hydroxyl groups is 4. The van der Waals surface area contributed by atoms with Crippen molar-refractivity contribution in [2.24, 2.45) is 16.5 Å². The minimum Gasteiger partial charge on any atom is -0.387 e. The van der Waals surface area contributed by atoms with Gasteiger partial charge in [-0.25, -0.2) is 29.9 Å². The van der Waals surface area contributed by atoms with E-state index in [1.807, 2.05) is 0 Å². The number of aliphatic hydroxyl groups excluding tert-OH is 4. The maximum Gasteiger partial charge on any atom is 0.220 e. The van der Waals surface area contributed by atoms with Crippen molar-refractivity contribution in [3.8, 4) is 11.8 Å². The van der Waals surface area contributed by atoms with Gasteiger partial charge in [0.1, 0.15) is 61.4 Å². The van der Waals surface area contributed by atoms with E-state index in [1.165, 1.54) is 28.1 Å². The Bertz CT molecular complexity index is 1940. The van der Waals surface area contributed by atoms with Crippen LogP contribution in [-0.2, 0) is 19.0 Å². The smallest absolute Gasteiger partial charge is 0.220 e. The second kappa shape index (κ2) is 14.7. The molecule has 0 unspecified atom stereocenters. The fourth-order valence-electron chi connectivity index (χ4n) is 5.61. The molecule has 2 aliphatic heterocycles. The molecule has 0 saturated carbocycles. The van der Waals surface area contributed by atoms with E-state index >= 15 is 0 Å². The summed E-state index contributed by atoms with van der Waals surface area (Å²) in [5.41, 5.74) is 23.5. The van der Waals surface area contributed by atoms with Crippen molar-refractivity contribution >= 4 is 45.8 Å². The number of carbonyl (C=O) groups excluding carboxylic acids is 1. The van der Waals surface area contributed by atoms with Crippen molar-refractivity contribution in [1.29, 1.82) is 0 Å². The number of amides is 1. The highest BCUT2D eigenvalue weighted by Crippen LogP contribution is 2.34. The Morgan fingerprint density at radius 3 is 2.36 bits per heavy atom. The van der Waals surface area contributed by atoms with Gasteiger partial charge in [0.25, 0.3) is 0 Å². The van der Waals surface area contributed by atoms with Gasteiger partial charge in [0.05, 0.1) is 12.9 Å². The van der Waals surface area contributed by atoms with Crippen LogP contribution in [0.3, 0.4) is 0 Å². The van der Waals surface area contributed by atoms with Gasteiger partial charge in [-0.1, -0.05) is 5.92 Å². The zero-order chi connectivity index (χ0) is 35.5. The number of hydrogen-bond acceptors (Lipinski definition) is 17. The number of imidazole rings is 2. The molecule has 4 aromatic rings. The lowest BCUT2D eigenvalue weighted by Crippen LogP contribution is -2.39. The van der Waals surface area contributed by atoms with Crippen LogP contribution in [0.1, 0.15) is 31.1 Å². The topological polar surface area (TPSA) is 341 Å². The summed E-state index contributed by atoms with van der Waals surface area (Å²) in [7, 11) is 0. The van der Waals surface area contributed by atoms with Crippen LogP contribution in [0, 0.1) is 11.8 Å². The van der Waals surface area contributed by atoms with Gasteiger partial charge >= 0.3 is 0 Å². The molecule has 0 radical (unpaired) electrons. The molecule has 22 heteroatoms. The number of hydrogen-bond donors (Lipinski definition) is 9. The van der Waals surface area contributed by atoms with Gasteiger partial charge in [-0.2, -0.15) is 0 Å². The Labute approximate surface area is 282 Å². The first-order valence-corrected chi connectivity index (χ1v) is 15.4. The first-order chi connectivity index (χ1) is 24.0. The number of ether oxygens (including phenoxy) is 3. The Balaban J connectivity index is 1.10. The average Bonchev–Trinajstić information content (AvgIpc) is 3.83. The van der Waals surface area contributed by atoms with Crippen LogP contribution >= 0.6 is 0 Å². The third-order valence-corrected chi connectivity index (χ3v) is 8.11. The number of rotatable bonds is 11. The van der Waals surface area contributed by atoms with E-state index < -0.39 is 49.1 Å². The molecule has 0 bridgehead atoms. The molecule has 50 heavy (non-hydrogen) atoms. The number of guanidine groups is 1. The zero-order valence-corrected chi connectivity index (χ0v) is 26.3. The second-order valence-electron chi connectivity index (χ2n) is 11.4. The molecule has 13 N–H and O–H groups in total. The van der Waals surface area contributed by atoms with Gasteiger partial charge in [0, 0.05) is 19.5 Å². The fraction of sp³-hybridized carbons (Fsp3) is 0.500. The number of aliphatic imine (C=N–C) groups is 1. The quantitative estimate of drug-likeness (QED) is 0.0309. The minimum atomic E-state index is -1.46. The van der Waals surface area contributed by atoms with Crippen LogP contribution in [-0.4, -0.2) is 134 Å². The number of anilines is 2. The Morgan fingerprint density at radius 2 is 1.60 bits per heavy atom. The molecule has 22 nitrogen and oxygen atoms in total. The summed E-state index contributed by atoms with van der Waals surface area (Å²) >= 11 is 0. The third kappa shape index (κ3) is 6.91. The number of nitrogens with one attached hydrogen (secondary N) is 1. The monoisotopic (exact) mass is 696 g/mol. The summed E-state index contributed by atoms with van der Waals surface area (Å²) in [4.78, 5) is 40.9. The maximum absolute atomic E-state index is 12.3. The lowest BCUT2D eigenvalue weighted by atomic mass is 10.1. The molecular weight excluding hydrogens is 660 g/mol. The third-order valence-electron chi connectivity index (χ3n) is 8.11. The molecular formula is C28H36N14O8. The largest absolute Gasteiger partial charge is 0.387 e. The molecule has 6 heterocycles. The maximum atomic E-state index is 12.3. The predicted octanol–water partition coefficient (Wildman–Crippen LogP) is -4.39. The first-order valence-electron chi connectivity index (χ1n) is 15.4. The lowest BCUT2D eigenvalue weighted by Gasteiger charge is -2.18. The lowest BCUT2D eigenvalue weighted by molar-refractivity contribution is -0.122. The molecule has 266 valence electrons. The molecule has 2 fully saturated rings. The predicted molar refractivity (Wildman–Crippen MR) is 172 cm³/mol. The van der Waals surface area contributed by atoms with Crippen LogP contribution in [0.2, 0.25) is 0 Å². The Hall–Kier alpha value is -5.28. The van der Waals surface area contributed by atoms with E-state index in [1.54, 1.807) is 0 Å². The summed E-state index contributed by atoms with van der Waals surface area (Å²) in [6, 6.07) is 0. The molecule has 2 saturated heterocycles. The normalized spacial score (nSPS) is 26.2. The number of aromatic nitrogens is 8. The Morgan fingerprint density at radius 1 is 0.920 bits per heavy atom. The average molecular weight is 697 g/mol. The molecule has 2 aliphatic rings. The highest BCUT2D eigenvalue weighted by Gasteiger charge is 2.46. The molecule has 0 aliphatic carbocycles. The van der Waals surface area contributed by atoms with Crippen molar-refractivity contribution in [1.82, 2.24) is 44.4 Å². The van der Waals surface area contributed by atoms with Gasteiger partial charge in [-0.05, 0) is 12.3 Å². The van der Waals surface area contributed by atoms with Crippen molar-refractivity contribution < 1.29 is 39.4 Å². The van der Waals surface area contributed by atoms with Crippen LogP contribution in [0.15, 0.2) is 24.0 Å². The van der Waals surface area contributed by atoms with E-state index in [2.05, 4.69) is 52.1 Å². The number of fused-ring (bicyclic) bond motifs is 2. The van der Waals surface area contributed by atoms with Gasteiger partial charge in [-0.15, -0.1) is 0 Å². The minimum absolute atomic E-state index is 0.0472. The Kier molecular flexibility index (Phi) is 10.2. The second-order valence-corrected chi connectivity index (χ2v) is 11.4. The summed E-state index contributed by atoms with van der Waals surface area (Å²) in [6.07, 6.45) is -5.22. The number of nitrogens with zero attached hydrogens (tertiary/aromatic N) is 9. The fourth-order valence-corrected chi connectivity index (χ4v) is 5.61. The van der Waals surface area contributed by atoms with Crippen molar-refractivity contribution in [2.45, 2.75) is 61.9 Å². The van der Waals surface area contributed by atoms with E-state index in [-0.39, 0.29) is 73.2 Å². The van der Waals surface area contributed by atoms with Crippen LogP contribution < -0.4 is 28.3 Å². The highest BCUT2D eigenvalue weighted by atomic mass is 16.6. The van der Waals surface area contributed by atoms with Gasteiger partial charge in [0.2, 0.25) is 5.91 Å². The standard InChI is InChI=1S/C28H36N14O8/c29-22-16-24(37-9-35-22)41(11-39-16)26-20(46)19(45)13(50-26)8-48-6-2-3-14-40-17-23(30)36-10-38-25(17)42(14)27-21(47)18(44)12(49-27)7-34-15(43)4-1-5-33-28(31)32/h9-13,18-21,26-27,44-47H,1,4-8H2,(H,34,43)(H2,29,35,37)(H2,30,36,38)(H4,31,32,33)/t12-,13-,18-,19-,20-,21-,26-,27-/m1/s1. The van der Waals surface area contributed by atoms with Gasteiger partial charge in [-0.3, -0.25) is 18.9 Å². The molecule has 0 spiro atoms. The first kappa shape index (κ1) is 34.6. The van der Waals surface area contributed by atoms with Gasteiger partial charge in [0.15, 0.2) is 52.7 Å². The van der Waals surface area contributed by atoms with Crippen LogP contribution in [0.25, 0.3) is 22.3 Å². The summed E-state index contributed by atoms with van der Waals surface area (Å²) in [6.45, 7) is -0.120. The van der Waals surface area contributed by atoms with E-state index in [4.69, 9.17) is 37.1 Å². The molecule has 4 aromatic heterocycles.